The molecule has 0 saturated heterocycles. The minimum Gasteiger partial charge on any atom is -0.308 e. The fourth-order valence-corrected chi connectivity index (χ4v) is 1.80. The number of hydrogen-bond acceptors (Lipinski definition) is 3. The molecule has 0 unspecified atom stereocenters. The van der Waals surface area contributed by atoms with E-state index in [0.29, 0.717) is 19.1 Å². The maximum Gasteiger partial charge on any atom is 0.164 e. The van der Waals surface area contributed by atoms with Gasteiger partial charge in [0.25, 0.3) is 0 Å². The molecule has 0 aliphatic rings. The maximum atomic E-state index is 13.0. The van der Waals surface area contributed by atoms with E-state index < -0.39 is 0 Å². The predicted molar refractivity (Wildman–Crippen MR) is 72.2 cm³/mol. The van der Waals surface area contributed by atoms with E-state index in [1.165, 1.54) is 12.1 Å². The van der Waals surface area contributed by atoms with Gasteiger partial charge in [-0.3, -0.25) is 0 Å². The molecule has 1 heterocycles. The van der Waals surface area contributed by atoms with E-state index in [2.05, 4.69) is 29.2 Å². The second-order valence-electron chi connectivity index (χ2n) is 4.96. The van der Waals surface area contributed by atoms with Crippen molar-refractivity contribution in [1.29, 1.82) is 0 Å². The molecular formula is C14H19FN4. The first-order valence-corrected chi connectivity index (χ1v) is 6.41. The standard InChI is InChI=1S/C14H19FN4/c1-10(2)16-7-14-17-9-19(18-14)8-12-4-5-13(15)6-11(12)3/h4-6,9-10,16H,7-8H2,1-3H3. The van der Waals surface area contributed by atoms with Crippen molar-refractivity contribution in [3.63, 3.8) is 0 Å². The fraction of sp³-hybridized carbons (Fsp3) is 0.429. The molecule has 1 aromatic carbocycles. The van der Waals surface area contributed by atoms with Crippen molar-refractivity contribution >= 4 is 0 Å². The smallest absolute Gasteiger partial charge is 0.164 e. The molecule has 2 aromatic rings. The van der Waals surface area contributed by atoms with Crippen LogP contribution in [0.1, 0.15) is 30.8 Å². The summed E-state index contributed by atoms with van der Waals surface area (Å²) < 4.78 is 14.8. The molecule has 1 aromatic heterocycles. The van der Waals surface area contributed by atoms with Gasteiger partial charge in [-0.05, 0) is 30.2 Å². The van der Waals surface area contributed by atoms with E-state index in [1.54, 1.807) is 17.1 Å². The van der Waals surface area contributed by atoms with Crippen molar-refractivity contribution < 1.29 is 4.39 Å². The second-order valence-corrected chi connectivity index (χ2v) is 4.96. The Labute approximate surface area is 112 Å². The molecular weight excluding hydrogens is 243 g/mol. The second kappa shape index (κ2) is 5.93. The van der Waals surface area contributed by atoms with Gasteiger partial charge in [0.05, 0.1) is 13.1 Å². The highest BCUT2D eigenvalue weighted by atomic mass is 19.1. The minimum atomic E-state index is -0.207. The fourth-order valence-electron chi connectivity index (χ4n) is 1.80. The molecule has 0 amide bonds. The predicted octanol–water partition coefficient (Wildman–Crippen LogP) is 2.27. The molecule has 1 N–H and O–H groups in total. The van der Waals surface area contributed by atoms with E-state index in [4.69, 9.17) is 0 Å². The zero-order valence-corrected chi connectivity index (χ0v) is 11.5. The summed E-state index contributed by atoms with van der Waals surface area (Å²) in [6.07, 6.45) is 1.71. The van der Waals surface area contributed by atoms with Gasteiger partial charge in [-0.25, -0.2) is 14.1 Å². The third-order valence-electron chi connectivity index (χ3n) is 2.89. The van der Waals surface area contributed by atoms with Crippen LogP contribution in [0.4, 0.5) is 4.39 Å². The van der Waals surface area contributed by atoms with Crippen LogP contribution in [0.5, 0.6) is 0 Å². The number of benzene rings is 1. The summed E-state index contributed by atoms with van der Waals surface area (Å²) in [5, 5.41) is 7.66. The van der Waals surface area contributed by atoms with Crippen LogP contribution >= 0.6 is 0 Å². The Balaban J connectivity index is 2.03. The van der Waals surface area contributed by atoms with Crippen molar-refractivity contribution in [2.24, 2.45) is 0 Å². The van der Waals surface area contributed by atoms with Gasteiger partial charge >= 0.3 is 0 Å². The minimum absolute atomic E-state index is 0.207. The topological polar surface area (TPSA) is 42.7 Å². The van der Waals surface area contributed by atoms with Gasteiger partial charge in [0, 0.05) is 6.04 Å². The van der Waals surface area contributed by atoms with E-state index in [0.717, 1.165) is 17.0 Å². The summed E-state index contributed by atoms with van der Waals surface area (Å²) in [5.74, 6) is 0.565. The van der Waals surface area contributed by atoms with Gasteiger partial charge in [0.1, 0.15) is 12.1 Å². The molecule has 0 aliphatic heterocycles. The molecule has 5 heteroatoms. The van der Waals surface area contributed by atoms with Crippen LogP contribution in [0.2, 0.25) is 0 Å². The summed E-state index contributed by atoms with van der Waals surface area (Å²) in [6, 6.07) is 5.21. The lowest BCUT2D eigenvalue weighted by Crippen LogP contribution is -2.22. The summed E-state index contributed by atoms with van der Waals surface area (Å²) in [7, 11) is 0. The Morgan fingerprint density at radius 3 is 2.84 bits per heavy atom. The SMILES string of the molecule is Cc1cc(F)ccc1Cn1cnc(CNC(C)C)n1. The molecule has 0 fully saturated rings. The van der Waals surface area contributed by atoms with Gasteiger partial charge in [-0.15, -0.1) is 0 Å². The van der Waals surface area contributed by atoms with Crippen molar-refractivity contribution in [2.45, 2.75) is 39.9 Å². The normalized spacial score (nSPS) is 11.2. The first-order valence-electron chi connectivity index (χ1n) is 6.41. The van der Waals surface area contributed by atoms with Crippen molar-refractivity contribution in [3.8, 4) is 0 Å². The van der Waals surface area contributed by atoms with Crippen LogP contribution in [-0.4, -0.2) is 20.8 Å². The summed E-state index contributed by atoms with van der Waals surface area (Å²) >= 11 is 0. The average molecular weight is 262 g/mol. The molecule has 0 spiro atoms. The van der Waals surface area contributed by atoms with Crippen LogP contribution < -0.4 is 5.32 Å². The Morgan fingerprint density at radius 2 is 2.16 bits per heavy atom. The van der Waals surface area contributed by atoms with Gasteiger partial charge < -0.3 is 5.32 Å². The van der Waals surface area contributed by atoms with Crippen LogP contribution in [0.3, 0.4) is 0 Å². The highest BCUT2D eigenvalue weighted by Gasteiger charge is 2.05. The molecule has 2 rings (SSSR count). The average Bonchev–Trinajstić information content (AvgIpc) is 2.78. The maximum absolute atomic E-state index is 13.0. The van der Waals surface area contributed by atoms with Crippen LogP contribution in [-0.2, 0) is 13.1 Å². The van der Waals surface area contributed by atoms with Crippen LogP contribution in [0.15, 0.2) is 24.5 Å². The number of halogens is 1. The highest BCUT2D eigenvalue weighted by molar-refractivity contribution is 5.26. The first kappa shape index (κ1) is 13.7. The highest BCUT2D eigenvalue weighted by Crippen LogP contribution is 2.11. The van der Waals surface area contributed by atoms with E-state index in [9.17, 15) is 4.39 Å². The number of nitrogens with zero attached hydrogens (tertiary/aromatic N) is 3. The molecule has 0 atom stereocenters. The van der Waals surface area contributed by atoms with Gasteiger partial charge in [-0.1, -0.05) is 19.9 Å². The van der Waals surface area contributed by atoms with Crippen molar-refractivity contribution in [1.82, 2.24) is 20.1 Å². The zero-order chi connectivity index (χ0) is 13.8. The Hall–Kier alpha value is -1.75. The van der Waals surface area contributed by atoms with Crippen LogP contribution in [0, 0.1) is 12.7 Å². The van der Waals surface area contributed by atoms with E-state index >= 15 is 0 Å². The summed E-state index contributed by atoms with van der Waals surface area (Å²) in [5.41, 5.74) is 1.98. The lowest BCUT2D eigenvalue weighted by Gasteiger charge is -2.06. The van der Waals surface area contributed by atoms with Crippen molar-refractivity contribution in [2.75, 3.05) is 0 Å². The molecule has 0 aliphatic carbocycles. The quantitative estimate of drug-likeness (QED) is 0.899. The molecule has 0 saturated carbocycles. The summed E-state index contributed by atoms with van der Waals surface area (Å²) in [6.45, 7) is 7.34. The van der Waals surface area contributed by atoms with Gasteiger partial charge in [-0.2, -0.15) is 5.10 Å². The van der Waals surface area contributed by atoms with Gasteiger partial charge in [0.15, 0.2) is 5.82 Å². The Morgan fingerprint density at radius 1 is 1.37 bits per heavy atom. The monoisotopic (exact) mass is 262 g/mol. The van der Waals surface area contributed by atoms with Crippen molar-refractivity contribution in [3.05, 3.63) is 47.3 Å². The largest absolute Gasteiger partial charge is 0.308 e. The van der Waals surface area contributed by atoms with E-state index in [1.807, 2.05) is 6.92 Å². The molecule has 19 heavy (non-hydrogen) atoms. The number of nitrogens with one attached hydrogen (secondary N) is 1. The number of aromatic nitrogens is 3. The lowest BCUT2D eigenvalue weighted by atomic mass is 10.1. The number of hydrogen-bond donors (Lipinski definition) is 1. The first-order chi connectivity index (χ1) is 9.04. The third-order valence-corrected chi connectivity index (χ3v) is 2.89. The molecule has 4 nitrogen and oxygen atoms in total. The summed E-state index contributed by atoms with van der Waals surface area (Å²) in [4.78, 5) is 4.25. The Bertz CT molecular complexity index is 548. The van der Waals surface area contributed by atoms with Gasteiger partial charge in [0.2, 0.25) is 0 Å². The zero-order valence-electron chi connectivity index (χ0n) is 11.5. The van der Waals surface area contributed by atoms with E-state index in [-0.39, 0.29) is 5.82 Å². The molecule has 0 bridgehead atoms. The molecule has 0 radical (unpaired) electrons. The lowest BCUT2D eigenvalue weighted by molar-refractivity contribution is 0.565. The Kier molecular flexibility index (Phi) is 4.27. The molecule has 102 valence electrons. The van der Waals surface area contributed by atoms with Crippen LogP contribution in [0.25, 0.3) is 0 Å². The third kappa shape index (κ3) is 3.86. The number of rotatable bonds is 5. The number of aryl methyl sites for hydroxylation is 1.